The number of amides is 1. The standard InChI is InChI=1S/C20H17N3O4S/c1-12-7-8-14(11-13(12)2)17-9-10-18(27-17)19(24)22-20(28)21-15-5-3-4-6-16(15)23(25)26/h3-11H,1-2H3,(H2,21,22,24,28). The molecule has 0 spiro atoms. The van der Waals surface area contributed by atoms with Crippen molar-refractivity contribution >= 4 is 34.6 Å². The van der Waals surface area contributed by atoms with E-state index < -0.39 is 10.8 Å². The first kappa shape index (κ1) is 19.2. The maximum atomic E-state index is 12.4. The van der Waals surface area contributed by atoms with Crippen molar-refractivity contribution in [3.63, 3.8) is 0 Å². The van der Waals surface area contributed by atoms with Gasteiger partial charge in [-0.15, -0.1) is 0 Å². The van der Waals surface area contributed by atoms with Crippen LogP contribution in [0.5, 0.6) is 0 Å². The van der Waals surface area contributed by atoms with Crippen molar-refractivity contribution in [1.29, 1.82) is 0 Å². The van der Waals surface area contributed by atoms with Gasteiger partial charge in [0.15, 0.2) is 10.9 Å². The number of hydrogen-bond acceptors (Lipinski definition) is 5. The third-order valence-electron chi connectivity index (χ3n) is 4.20. The molecular weight excluding hydrogens is 378 g/mol. The van der Waals surface area contributed by atoms with Crippen LogP contribution in [0.1, 0.15) is 21.7 Å². The number of aryl methyl sites for hydroxylation is 2. The van der Waals surface area contributed by atoms with Crippen molar-refractivity contribution in [3.05, 3.63) is 81.6 Å². The van der Waals surface area contributed by atoms with Crippen LogP contribution in [-0.2, 0) is 0 Å². The van der Waals surface area contributed by atoms with Gasteiger partial charge in [-0.3, -0.25) is 20.2 Å². The van der Waals surface area contributed by atoms with Gasteiger partial charge >= 0.3 is 0 Å². The van der Waals surface area contributed by atoms with Gasteiger partial charge in [-0.2, -0.15) is 0 Å². The minimum absolute atomic E-state index is 0.0663. The Labute approximate surface area is 166 Å². The fraction of sp³-hybridized carbons (Fsp3) is 0.100. The predicted octanol–water partition coefficient (Wildman–Crippen LogP) is 4.60. The lowest BCUT2D eigenvalue weighted by Crippen LogP contribution is -2.34. The summed E-state index contributed by atoms with van der Waals surface area (Å²) in [7, 11) is 0. The molecule has 0 aliphatic carbocycles. The second-order valence-corrected chi connectivity index (χ2v) is 6.55. The predicted molar refractivity (Wildman–Crippen MR) is 110 cm³/mol. The lowest BCUT2D eigenvalue weighted by atomic mass is 10.1. The van der Waals surface area contributed by atoms with E-state index in [2.05, 4.69) is 10.6 Å². The molecule has 3 aromatic rings. The number of nitro groups is 1. The molecular formula is C20H17N3O4S. The number of thiocarbonyl (C=S) groups is 1. The molecule has 28 heavy (non-hydrogen) atoms. The molecule has 0 atom stereocenters. The Hall–Kier alpha value is -3.52. The van der Waals surface area contributed by atoms with Gasteiger partial charge in [0.1, 0.15) is 11.4 Å². The van der Waals surface area contributed by atoms with Gasteiger partial charge in [-0.1, -0.05) is 24.3 Å². The zero-order valence-corrected chi connectivity index (χ0v) is 16.0. The largest absolute Gasteiger partial charge is 0.451 e. The van der Waals surface area contributed by atoms with E-state index in [4.69, 9.17) is 16.6 Å². The maximum absolute atomic E-state index is 12.4. The minimum Gasteiger partial charge on any atom is -0.451 e. The van der Waals surface area contributed by atoms with E-state index in [-0.39, 0.29) is 22.2 Å². The Morgan fingerprint density at radius 3 is 2.54 bits per heavy atom. The molecule has 0 fully saturated rings. The summed E-state index contributed by atoms with van der Waals surface area (Å²) in [6.07, 6.45) is 0. The Morgan fingerprint density at radius 1 is 1.07 bits per heavy atom. The van der Waals surface area contributed by atoms with Crippen LogP contribution in [0, 0.1) is 24.0 Å². The highest BCUT2D eigenvalue weighted by atomic mass is 32.1. The number of nitro benzene ring substituents is 1. The van der Waals surface area contributed by atoms with Gasteiger partial charge < -0.3 is 9.73 Å². The highest BCUT2D eigenvalue weighted by molar-refractivity contribution is 7.80. The van der Waals surface area contributed by atoms with E-state index in [9.17, 15) is 14.9 Å². The molecule has 0 radical (unpaired) electrons. The second kappa shape index (κ2) is 8.01. The monoisotopic (exact) mass is 395 g/mol. The summed E-state index contributed by atoms with van der Waals surface area (Å²) < 4.78 is 5.63. The van der Waals surface area contributed by atoms with Crippen molar-refractivity contribution < 1.29 is 14.1 Å². The molecule has 1 amide bonds. The highest BCUT2D eigenvalue weighted by Crippen LogP contribution is 2.25. The number of nitrogens with zero attached hydrogens (tertiary/aromatic N) is 1. The molecule has 0 unspecified atom stereocenters. The number of carbonyl (C=O) groups is 1. The Kier molecular flexibility index (Phi) is 5.51. The quantitative estimate of drug-likeness (QED) is 0.381. The molecule has 0 saturated carbocycles. The van der Waals surface area contributed by atoms with Crippen LogP contribution >= 0.6 is 12.2 Å². The molecule has 0 aliphatic rings. The van der Waals surface area contributed by atoms with Gasteiger partial charge in [-0.05, 0) is 61.5 Å². The fourth-order valence-corrected chi connectivity index (χ4v) is 2.77. The molecule has 7 nitrogen and oxygen atoms in total. The van der Waals surface area contributed by atoms with Crippen LogP contribution < -0.4 is 10.6 Å². The van der Waals surface area contributed by atoms with Gasteiger partial charge in [0.25, 0.3) is 11.6 Å². The minimum atomic E-state index is -0.550. The molecule has 0 saturated heterocycles. The van der Waals surface area contributed by atoms with Crippen molar-refractivity contribution in [1.82, 2.24) is 5.32 Å². The summed E-state index contributed by atoms with van der Waals surface area (Å²) in [5, 5.41) is 16.1. The molecule has 142 valence electrons. The summed E-state index contributed by atoms with van der Waals surface area (Å²) in [6, 6.07) is 15.2. The SMILES string of the molecule is Cc1ccc(-c2ccc(C(=O)NC(=S)Nc3ccccc3[N+](=O)[O-])o2)cc1C. The van der Waals surface area contributed by atoms with Crippen LogP contribution in [0.2, 0.25) is 0 Å². The van der Waals surface area contributed by atoms with Crippen molar-refractivity contribution in [3.8, 4) is 11.3 Å². The number of para-hydroxylation sites is 2. The first-order valence-electron chi connectivity index (χ1n) is 8.38. The molecule has 0 aliphatic heterocycles. The number of rotatable bonds is 4. The first-order chi connectivity index (χ1) is 13.3. The lowest BCUT2D eigenvalue weighted by Gasteiger charge is -2.08. The van der Waals surface area contributed by atoms with E-state index in [0.717, 1.165) is 11.1 Å². The van der Waals surface area contributed by atoms with E-state index in [1.165, 1.54) is 17.7 Å². The Morgan fingerprint density at radius 2 is 1.82 bits per heavy atom. The fourth-order valence-electron chi connectivity index (χ4n) is 2.57. The molecule has 2 N–H and O–H groups in total. The number of carbonyl (C=O) groups excluding carboxylic acids is 1. The Bertz CT molecular complexity index is 1070. The summed E-state index contributed by atoms with van der Waals surface area (Å²) in [5.74, 6) is 0.0944. The second-order valence-electron chi connectivity index (χ2n) is 6.15. The van der Waals surface area contributed by atoms with Crippen molar-refractivity contribution in [2.75, 3.05) is 5.32 Å². The topological polar surface area (TPSA) is 97.4 Å². The van der Waals surface area contributed by atoms with Crippen LogP contribution in [0.15, 0.2) is 59.0 Å². The third kappa shape index (κ3) is 4.24. The summed E-state index contributed by atoms with van der Waals surface area (Å²) in [6.45, 7) is 4.02. The smallest absolute Gasteiger partial charge is 0.293 e. The van der Waals surface area contributed by atoms with Gasteiger partial charge in [0, 0.05) is 11.6 Å². The molecule has 3 rings (SSSR count). The zero-order chi connectivity index (χ0) is 20.3. The summed E-state index contributed by atoms with van der Waals surface area (Å²) in [5.41, 5.74) is 3.19. The average Bonchev–Trinajstić information content (AvgIpc) is 3.14. The van der Waals surface area contributed by atoms with E-state index >= 15 is 0 Å². The van der Waals surface area contributed by atoms with Crippen molar-refractivity contribution in [2.24, 2.45) is 0 Å². The molecule has 8 heteroatoms. The summed E-state index contributed by atoms with van der Waals surface area (Å²) in [4.78, 5) is 22.9. The summed E-state index contributed by atoms with van der Waals surface area (Å²) >= 11 is 5.08. The normalized spacial score (nSPS) is 10.4. The molecule has 0 bridgehead atoms. The number of anilines is 1. The van der Waals surface area contributed by atoms with Gasteiger partial charge in [-0.25, -0.2) is 0 Å². The molecule has 2 aromatic carbocycles. The first-order valence-corrected chi connectivity index (χ1v) is 8.79. The van der Waals surface area contributed by atoms with E-state index in [0.29, 0.717) is 5.76 Å². The van der Waals surface area contributed by atoms with Crippen molar-refractivity contribution in [2.45, 2.75) is 13.8 Å². The third-order valence-corrected chi connectivity index (χ3v) is 4.40. The van der Waals surface area contributed by atoms with Crippen LogP contribution in [0.3, 0.4) is 0 Å². The van der Waals surface area contributed by atoms with E-state index in [1.54, 1.807) is 24.3 Å². The average molecular weight is 395 g/mol. The molecule has 1 heterocycles. The molecule has 1 aromatic heterocycles. The maximum Gasteiger partial charge on any atom is 0.293 e. The van der Waals surface area contributed by atoms with Gasteiger partial charge in [0.2, 0.25) is 0 Å². The van der Waals surface area contributed by atoms with Crippen LogP contribution in [0.4, 0.5) is 11.4 Å². The number of nitrogens with one attached hydrogen (secondary N) is 2. The highest BCUT2D eigenvalue weighted by Gasteiger charge is 2.17. The van der Waals surface area contributed by atoms with Crippen LogP contribution in [-0.4, -0.2) is 15.9 Å². The lowest BCUT2D eigenvalue weighted by molar-refractivity contribution is -0.383. The number of furan rings is 1. The van der Waals surface area contributed by atoms with Crippen LogP contribution in [0.25, 0.3) is 11.3 Å². The zero-order valence-electron chi connectivity index (χ0n) is 15.2. The van der Waals surface area contributed by atoms with Gasteiger partial charge in [0.05, 0.1) is 4.92 Å². The van der Waals surface area contributed by atoms with E-state index in [1.807, 2.05) is 32.0 Å². The number of benzene rings is 2. The Balaban J connectivity index is 1.70. The number of hydrogen-bond donors (Lipinski definition) is 2.